The topological polar surface area (TPSA) is 20.2 Å². The molecule has 48 valence electrons. The first kappa shape index (κ1) is 4.35. The minimum atomic E-state index is 0.0874. The second kappa shape index (κ2) is 0.782. The van der Waals surface area contributed by atoms with E-state index in [-0.39, 0.29) is 6.10 Å². The van der Waals surface area contributed by atoms with Crippen LogP contribution in [0, 0.1) is 29.6 Å². The highest BCUT2D eigenvalue weighted by Gasteiger charge is 2.99. The highest BCUT2D eigenvalue weighted by molar-refractivity contribution is 9.10. The third kappa shape index (κ3) is 0.194. The number of aliphatic hydroxyl groups is 1. The zero-order valence-corrected chi connectivity index (χ0v) is 6.38. The lowest BCUT2D eigenvalue weighted by atomic mass is 10.0. The molecule has 2 bridgehead atoms. The number of rotatable bonds is 0. The van der Waals surface area contributed by atoms with Gasteiger partial charge in [0.2, 0.25) is 0 Å². The SMILES string of the molecule is OC1C2C3C2C2(Br)C1C32. The Morgan fingerprint density at radius 3 is 2.00 bits per heavy atom. The van der Waals surface area contributed by atoms with Gasteiger partial charge in [-0.3, -0.25) is 0 Å². The van der Waals surface area contributed by atoms with Crippen LogP contribution in [0.25, 0.3) is 0 Å². The molecule has 5 aliphatic rings. The van der Waals surface area contributed by atoms with Crippen molar-refractivity contribution in [3.63, 3.8) is 0 Å². The molecule has 5 saturated carbocycles. The van der Waals surface area contributed by atoms with Gasteiger partial charge in [0.15, 0.2) is 0 Å². The number of alkyl halides is 1. The first-order chi connectivity index (χ1) is 4.28. The molecule has 0 amide bonds. The van der Waals surface area contributed by atoms with Gasteiger partial charge in [0, 0.05) is 10.2 Å². The highest BCUT2D eigenvalue weighted by Crippen LogP contribution is 2.96. The van der Waals surface area contributed by atoms with Crippen molar-refractivity contribution in [1.29, 1.82) is 0 Å². The third-order valence-electron chi connectivity index (χ3n) is 4.12. The minimum Gasteiger partial charge on any atom is -0.392 e. The van der Waals surface area contributed by atoms with Gasteiger partial charge in [0.1, 0.15) is 0 Å². The van der Waals surface area contributed by atoms with Gasteiger partial charge in [-0.15, -0.1) is 0 Å². The van der Waals surface area contributed by atoms with Crippen LogP contribution in [0.15, 0.2) is 0 Å². The summed E-state index contributed by atoms with van der Waals surface area (Å²) in [5.74, 6) is 4.19. The van der Waals surface area contributed by atoms with Gasteiger partial charge in [-0.05, 0) is 23.7 Å². The van der Waals surface area contributed by atoms with Crippen molar-refractivity contribution in [2.75, 3.05) is 0 Å². The van der Waals surface area contributed by atoms with E-state index in [0.717, 1.165) is 23.7 Å². The molecular weight excluding hydrogens is 180 g/mol. The van der Waals surface area contributed by atoms with Gasteiger partial charge < -0.3 is 5.11 Å². The standard InChI is InChI=1S/C7H7BrO/c8-7-3-1-2(3)6(9)5(7)4(1)7/h1-6,9H. The van der Waals surface area contributed by atoms with Crippen LogP contribution in [0.1, 0.15) is 0 Å². The fourth-order valence-electron chi connectivity index (χ4n) is 3.86. The van der Waals surface area contributed by atoms with E-state index in [4.69, 9.17) is 0 Å². The molecule has 5 fully saturated rings. The predicted octanol–water partition coefficient (Wildman–Crippen LogP) is 0.616. The van der Waals surface area contributed by atoms with Crippen LogP contribution < -0.4 is 0 Å². The van der Waals surface area contributed by atoms with Crippen LogP contribution in [-0.2, 0) is 0 Å². The summed E-state index contributed by atoms with van der Waals surface area (Å²) in [6.45, 7) is 0. The molecule has 1 nitrogen and oxygen atoms in total. The summed E-state index contributed by atoms with van der Waals surface area (Å²) in [7, 11) is 0. The van der Waals surface area contributed by atoms with E-state index in [2.05, 4.69) is 15.9 Å². The van der Waals surface area contributed by atoms with E-state index in [1.165, 1.54) is 0 Å². The molecule has 7 unspecified atom stereocenters. The zero-order chi connectivity index (χ0) is 5.96. The Morgan fingerprint density at radius 2 is 1.89 bits per heavy atom. The summed E-state index contributed by atoms with van der Waals surface area (Å²) in [4.78, 5) is 0. The number of aliphatic hydroxyl groups excluding tert-OH is 1. The molecule has 5 rings (SSSR count). The summed E-state index contributed by atoms with van der Waals surface area (Å²) >= 11 is 3.73. The molecule has 0 aromatic heterocycles. The van der Waals surface area contributed by atoms with Crippen LogP contribution in [0.4, 0.5) is 0 Å². The quantitative estimate of drug-likeness (QED) is 0.551. The van der Waals surface area contributed by atoms with Crippen LogP contribution in [0.3, 0.4) is 0 Å². The van der Waals surface area contributed by atoms with Crippen molar-refractivity contribution < 1.29 is 5.11 Å². The van der Waals surface area contributed by atoms with Crippen LogP contribution in [-0.4, -0.2) is 15.5 Å². The predicted molar refractivity (Wildman–Crippen MR) is 35.1 cm³/mol. The highest BCUT2D eigenvalue weighted by atomic mass is 79.9. The van der Waals surface area contributed by atoms with Crippen molar-refractivity contribution >= 4 is 15.9 Å². The minimum absolute atomic E-state index is 0.0874. The Morgan fingerprint density at radius 1 is 1.11 bits per heavy atom. The van der Waals surface area contributed by atoms with Crippen LogP contribution in [0.5, 0.6) is 0 Å². The van der Waals surface area contributed by atoms with Crippen molar-refractivity contribution in [1.82, 2.24) is 0 Å². The molecule has 7 atom stereocenters. The molecule has 0 spiro atoms. The van der Waals surface area contributed by atoms with Gasteiger partial charge in [-0.2, -0.15) is 0 Å². The van der Waals surface area contributed by atoms with Crippen LogP contribution >= 0.6 is 15.9 Å². The van der Waals surface area contributed by atoms with E-state index in [1.807, 2.05) is 0 Å². The summed E-state index contributed by atoms with van der Waals surface area (Å²) in [5.41, 5.74) is 0. The van der Waals surface area contributed by atoms with E-state index in [1.54, 1.807) is 0 Å². The normalized spacial score (nSPS) is 94.0. The molecular formula is C7H7BrO. The van der Waals surface area contributed by atoms with Gasteiger partial charge in [-0.25, -0.2) is 0 Å². The van der Waals surface area contributed by atoms with Crippen molar-refractivity contribution in [2.24, 2.45) is 29.6 Å². The lowest BCUT2D eigenvalue weighted by Gasteiger charge is -2.15. The van der Waals surface area contributed by atoms with E-state index < -0.39 is 0 Å². The Kier molecular flexibility index (Phi) is 0.378. The molecule has 9 heavy (non-hydrogen) atoms. The van der Waals surface area contributed by atoms with Gasteiger partial charge in [0.05, 0.1) is 6.10 Å². The van der Waals surface area contributed by atoms with Gasteiger partial charge in [0.25, 0.3) is 0 Å². The Balaban J connectivity index is 2.02. The Bertz CT molecular complexity index is 211. The molecule has 0 aromatic rings. The van der Waals surface area contributed by atoms with E-state index in [9.17, 15) is 5.11 Å². The second-order valence-corrected chi connectivity index (χ2v) is 5.42. The van der Waals surface area contributed by atoms with Crippen LogP contribution in [0.2, 0.25) is 0 Å². The zero-order valence-electron chi connectivity index (χ0n) is 4.79. The second-order valence-electron chi connectivity index (χ2n) is 4.05. The maximum Gasteiger partial charge on any atom is 0.0619 e. The first-order valence-corrected chi connectivity index (χ1v) is 4.44. The van der Waals surface area contributed by atoms with Gasteiger partial charge in [-0.1, -0.05) is 15.9 Å². The Labute approximate surface area is 61.6 Å². The summed E-state index contributed by atoms with van der Waals surface area (Å²) < 4.78 is 0.488. The average molecular weight is 187 g/mol. The number of halogens is 1. The lowest BCUT2D eigenvalue weighted by molar-refractivity contribution is 0.150. The molecule has 2 heteroatoms. The molecule has 0 radical (unpaired) electrons. The molecule has 0 heterocycles. The fraction of sp³-hybridized carbons (Fsp3) is 1.00. The lowest BCUT2D eigenvalue weighted by Crippen LogP contribution is -2.18. The van der Waals surface area contributed by atoms with Gasteiger partial charge >= 0.3 is 0 Å². The monoisotopic (exact) mass is 186 g/mol. The van der Waals surface area contributed by atoms with Crippen molar-refractivity contribution in [2.45, 2.75) is 10.4 Å². The Hall–Kier alpha value is 0.440. The fourth-order valence-corrected chi connectivity index (χ4v) is 5.48. The van der Waals surface area contributed by atoms with E-state index >= 15 is 0 Å². The smallest absolute Gasteiger partial charge is 0.0619 e. The molecule has 1 N–H and O–H groups in total. The number of hydrogen-bond acceptors (Lipinski definition) is 1. The first-order valence-electron chi connectivity index (χ1n) is 3.65. The van der Waals surface area contributed by atoms with E-state index in [0.29, 0.717) is 10.2 Å². The summed E-state index contributed by atoms with van der Waals surface area (Å²) in [6.07, 6.45) is 0.0874. The molecule has 0 aromatic carbocycles. The third-order valence-corrected chi connectivity index (χ3v) is 5.71. The maximum absolute atomic E-state index is 9.51. The van der Waals surface area contributed by atoms with Crippen molar-refractivity contribution in [3.8, 4) is 0 Å². The molecule has 5 aliphatic carbocycles. The van der Waals surface area contributed by atoms with Crippen molar-refractivity contribution in [3.05, 3.63) is 0 Å². The molecule has 0 aliphatic heterocycles. The number of hydrogen-bond donors (Lipinski definition) is 1. The largest absolute Gasteiger partial charge is 0.392 e. The molecule has 0 saturated heterocycles. The average Bonchev–Trinajstić information content (AvgIpc) is 2.53. The maximum atomic E-state index is 9.51. The summed E-state index contributed by atoms with van der Waals surface area (Å²) in [5, 5.41) is 9.51. The summed E-state index contributed by atoms with van der Waals surface area (Å²) in [6, 6.07) is 0.